The van der Waals surface area contributed by atoms with Gasteiger partial charge in [-0.15, -0.1) is 0 Å². The Morgan fingerprint density at radius 2 is 2.35 bits per heavy atom. The molecule has 2 rings (SSSR count). The summed E-state index contributed by atoms with van der Waals surface area (Å²) in [5.74, 6) is -1.27. The minimum Gasteiger partial charge on any atom is -0.480 e. The second-order valence-corrected chi connectivity index (χ2v) is 4.62. The molecule has 0 aromatic heterocycles. The molecule has 92 valence electrons. The average Bonchev–Trinajstić information content (AvgIpc) is 2.72. The van der Waals surface area contributed by atoms with Gasteiger partial charge in [0.15, 0.2) is 0 Å². The maximum absolute atomic E-state index is 13.2. The van der Waals surface area contributed by atoms with Crippen LogP contribution in [0.1, 0.15) is 18.4 Å². The zero-order valence-electron chi connectivity index (χ0n) is 9.20. The maximum atomic E-state index is 13.2. The third-order valence-corrected chi connectivity index (χ3v) is 3.32. The first-order chi connectivity index (χ1) is 8.08. The fourth-order valence-corrected chi connectivity index (χ4v) is 2.29. The van der Waals surface area contributed by atoms with Crippen molar-refractivity contribution in [2.45, 2.75) is 25.4 Å². The Labute approximate surface area is 104 Å². The first-order valence-electron chi connectivity index (χ1n) is 5.48. The van der Waals surface area contributed by atoms with E-state index in [0.717, 1.165) is 18.5 Å². The summed E-state index contributed by atoms with van der Waals surface area (Å²) in [4.78, 5) is 12.8. The molecule has 0 saturated carbocycles. The fraction of sp³-hybridized carbons (Fsp3) is 0.417. The van der Waals surface area contributed by atoms with Crippen LogP contribution >= 0.6 is 11.6 Å². The topological polar surface area (TPSA) is 40.5 Å². The van der Waals surface area contributed by atoms with Crippen molar-refractivity contribution in [1.29, 1.82) is 0 Å². The molecule has 0 bridgehead atoms. The van der Waals surface area contributed by atoms with Crippen molar-refractivity contribution in [1.82, 2.24) is 4.90 Å². The molecule has 1 aromatic rings. The summed E-state index contributed by atoms with van der Waals surface area (Å²) in [7, 11) is 0. The highest BCUT2D eigenvalue weighted by atomic mass is 35.5. The monoisotopic (exact) mass is 257 g/mol. The van der Waals surface area contributed by atoms with Gasteiger partial charge >= 0.3 is 5.97 Å². The molecule has 1 fully saturated rings. The number of benzene rings is 1. The zero-order valence-corrected chi connectivity index (χ0v) is 9.95. The number of likely N-dealkylation sites (tertiary alicyclic amines) is 1. The average molecular weight is 258 g/mol. The van der Waals surface area contributed by atoms with Crippen LogP contribution in [0.25, 0.3) is 0 Å². The van der Waals surface area contributed by atoms with Crippen molar-refractivity contribution in [2.75, 3.05) is 6.54 Å². The third-order valence-electron chi connectivity index (χ3n) is 3.02. The van der Waals surface area contributed by atoms with Crippen molar-refractivity contribution in [3.8, 4) is 0 Å². The van der Waals surface area contributed by atoms with Gasteiger partial charge in [0.2, 0.25) is 0 Å². The molecule has 0 amide bonds. The smallest absolute Gasteiger partial charge is 0.320 e. The van der Waals surface area contributed by atoms with Gasteiger partial charge in [0, 0.05) is 6.54 Å². The minimum atomic E-state index is -0.808. The molecule has 5 heteroatoms. The number of halogens is 2. The van der Waals surface area contributed by atoms with Gasteiger partial charge < -0.3 is 5.11 Å². The SMILES string of the molecule is O=C(O)C1CCCN1Cc1ccc(Cl)c(F)c1. The van der Waals surface area contributed by atoms with Gasteiger partial charge in [-0.05, 0) is 37.1 Å². The van der Waals surface area contributed by atoms with Gasteiger partial charge in [0.1, 0.15) is 11.9 Å². The molecule has 0 spiro atoms. The standard InChI is InChI=1S/C12H13ClFNO2/c13-9-4-3-8(6-10(9)14)7-15-5-1-2-11(15)12(16)17/h3-4,6,11H,1-2,5,7H2,(H,16,17). The number of aliphatic carboxylic acids is 1. The van der Waals surface area contributed by atoms with Gasteiger partial charge in [0.05, 0.1) is 5.02 Å². The number of nitrogens with zero attached hydrogens (tertiary/aromatic N) is 1. The van der Waals surface area contributed by atoms with Gasteiger partial charge in [-0.2, -0.15) is 0 Å². The van der Waals surface area contributed by atoms with Crippen molar-refractivity contribution in [3.63, 3.8) is 0 Å². The lowest BCUT2D eigenvalue weighted by Crippen LogP contribution is -2.35. The number of hydrogen-bond donors (Lipinski definition) is 1. The van der Waals surface area contributed by atoms with Gasteiger partial charge in [-0.1, -0.05) is 17.7 Å². The Morgan fingerprint density at radius 1 is 1.59 bits per heavy atom. The molecule has 1 unspecified atom stereocenters. The summed E-state index contributed by atoms with van der Waals surface area (Å²) in [5.41, 5.74) is 0.750. The van der Waals surface area contributed by atoms with Crippen LogP contribution in [0.15, 0.2) is 18.2 Å². The lowest BCUT2D eigenvalue weighted by Gasteiger charge is -2.20. The van der Waals surface area contributed by atoms with Gasteiger partial charge in [0.25, 0.3) is 0 Å². The molecule has 1 aliphatic rings. The van der Waals surface area contributed by atoms with Crippen LogP contribution in [0, 0.1) is 5.82 Å². The van der Waals surface area contributed by atoms with E-state index < -0.39 is 17.8 Å². The van der Waals surface area contributed by atoms with Crippen LogP contribution in [-0.2, 0) is 11.3 Å². The fourth-order valence-electron chi connectivity index (χ4n) is 2.17. The van der Waals surface area contributed by atoms with Crippen molar-refractivity contribution in [2.24, 2.45) is 0 Å². The third kappa shape index (κ3) is 2.76. The van der Waals surface area contributed by atoms with Gasteiger partial charge in [-0.3, -0.25) is 9.69 Å². The Bertz CT molecular complexity index is 439. The van der Waals surface area contributed by atoms with Crippen LogP contribution in [0.2, 0.25) is 5.02 Å². The van der Waals surface area contributed by atoms with E-state index in [-0.39, 0.29) is 5.02 Å². The molecule has 17 heavy (non-hydrogen) atoms. The van der Waals surface area contributed by atoms with E-state index in [2.05, 4.69) is 0 Å². The molecule has 0 aliphatic carbocycles. The van der Waals surface area contributed by atoms with E-state index in [1.54, 1.807) is 6.07 Å². The summed E-state index contributed by atoms with van der Waals surface area (Å²) in [6.45, 7) is 1.19. The molecule has 1 aliphatic heterocycles. The normalized spacial score (nSPS) is 20.7. The Balaban J connectivity index is 2.09. The van der Waals surface area contributed by atoms with Gasteiger partial charge in [-0.25, -0.2) is 4.39 Å². The van der Waals surface area contributed by atoms with E-state index in [4.69, 9.17) is 16.7 Å². The summed E-state index contributed by atoms with van der Waals surface area (Å²) in [6, 6.07) is 4.13. The highest BCUT2D eigenvalue weighted by Gasteiger charge is 2.30. The summed E-state index contributed by atoms with van der Waals surface area (Å²) >= 11 is 5.59. The minimum absolute atomic E-state index is 0.0879. The van der Waals surface area contributed by atoms with E-state index >= 15 is 0 Å². The lowest BCUT2D eigenvalue weighted by molar-refractivity contribution is -0.142. The number of hydrogen-bond acceptors (Lipinski definition) is 2. The quantitative estimate of drug-likeness (QED) is 0.905. The van der Waals surface area contributed by atoms with Crippen molar-refractivity contribution in [3.05, 3.63) is 34.6 Å². The maximum Gasteiger partial charge on any atom is 0.320 e. The molecule has 1 aromatic carbocycles. The Morgan fingerprint density at radius 3 is 3.00 bits per heavy atom. The highest BCUT2D eigenvalue weighted by Crippen LogP contribution is 2.22. The number of carbonyl (C=O) groups is 1. The predicted octanol–water partition coefficient (Wildman–Crippen LogP) is 2.53. The van der Waals surface area contributed by atoms with Crippen molar-refractivity contribution < 1.29 is 14.3 Å². The number of carboxylic acids is 1. The van der Waals surface area contributed by atoms with Crippen LogP contribution in [0.3, 0.4) is 0 Å². The summed E-state index contributed by atoms with van der Waals surface area (Å²) < 4.78 is 13.2. The second kappa shape index (κ2) is 5.02. The molecular formula is C12H13ClFNO2. The molecule has 1 saturated heterocycles. The van der Waals surface area contributed by atoms with E-state index in [1.807, 2.05) is 4.90 Å². The van der Waals surface area contributed by atoms with E-state index in [1.165, 1.54) is 12.1 Å². The molecule has 1 atom stereocenters. The first-order valence-corrected chi connectivity index (χ1v) is 5.86. The number of rotatable bonds is 3. The molecule has 1 heterocycles. The largest absolute Gasteiger partial charge is 0.480 e. The van der Waals surface area contributed by atoms with Crippen LogP contribution in [0.5, 0.6) is 0 Å². The highest BCUT2D eigenvalue weighted by molar-refractivity contribution is 6.30. The first kappa shape index (κ1) is 12.3. The molecule has 1 N–H and O–H groups in total. The van der Waals surface area contributed by atoms with Crippen LogP contribution in [-0.4, -0.2) is 28.6 Å². The van der Waals surface area contributed by atoms with E-state index in [9.17, 15) is 9.18 Å². The van der Waals surface area contributed by atoms with Crippen molar-refractivity contribution >= 4 is 17.6 Å². The van der Waals surface area contributed by atoms with E-state index in [0.29, 0.717) is 13.0 Å². The molecule has 3 nitrogen and oxygen atoms in total. The Kier molecular flexibility index (Phi) is 3.64. The van der Waals surface area contributed by atoms with Crippen LogP contribution in [0.4, 0.5) is 4.39 Å². The Hall–Kier alpha value is -1.13. The van der Waals surface area contributed by atoms with Crippen LogP contribution < -0.4 is 0 Å². The predicted molar refractivity (Wildman–Crippen MR) is 62.5 cm³/mol. The molecule has 0 radical (unpaired) electrons. The second-order valence-electron chi connectivity index (χ2n) is 4.22. The lowest BCUT2D eigenvalue weighted by atomic mass is 10.2. The molecular weight excluding hydrogens is 245 g/mol. The number of carboxylic acid groups (broad SMARTS) is 1. The summed E-state index contributed by atoms with van der Waals surface area (Å²) in [5, 5.41) is 9.11. The zero-order chi connectivity index (χ0) is 12.4. The summed E-state index contributed by atoms with van der Waals surface area (Å²) in [6.07, 6.45) is 1.53.